The van der Waals surface area contributed by atoms with Crippen LogP contribution >= 0.6 is 11.8 Å². The quantitative estimate of drug-likeness (QED) is 0.859. The summed E-state index contributed by atoms with van der Waals surface area (Å²) in [4.78, 5) is 13.9. The molecule has 1 saturated heterocycles. The SMILES string of the molecule is CCCCNC(=O)N1CCS[C@H]1c1cccc(F)c1. The molecule has 3 nitrogen and oxygen atoms in total. The van der Waals surface area contributed by atoms with Gasteiger partial charge >= 0.3 is 6.03 Å². The fraction of sp³-hybridized carbons (Fsp3) is 0.500. The molecule has 0 spiro atoms. The van der Waals surface area contributed by atoms with Crippen molar-refractivity contribution in [2.24, 2.45) is 0 Å². The van der Waals surface area contributed by atoms with Gasteiger partial charge in [-0.3, -0.25) is 0 Å². The third kappa shape index (κ3) is 3.62. The maximum atomic E-state index is 13.3. The predicted molar refractivity (Wildman–Crippen MR) is 76.6 cm³/mol. The van der Waals surface area contributed by atoms with Gasteiger partial charge in [-0.1, -0.05) is 25.5 Å². The smallest absolute Gasteiger partial charge is 0.318 e. The molecule has 2 amide bonds. The second-order valence-corrected chi connectivity index (χ2v) is 5.75. The number of nitrogens with zero attached hydrogens (tertiary/aromatic N) is 1. The van der Waals surface area contributed by atoms with E-state index in [0.29, 0.717) is 13.1 Å². The summed E-state index contributed by atoms with van der Waals surface area (Å²) in [6, 6.07) is 6.45. The Balaban J connectivity index is 2.02. The first kappa shape index (κ1) is 14.2. The second kappa shape index (κ2) is 6.80. The molecular formula is C14H19FN2OS. The lowest BCUT2D eigenvalue weighted by Gasteiger charge is -2.24. The zero-order chi connectivity index (χ0) is 13.7. The molecule has 0 saturated carbocycles. The summed E-state index contributed by atoms with van der Waals surface area (Å²) >= 11 is 1.68. The number of urea groups is 1. The van der Waals surface area contributed by atoms with E-state index >= 15 is 0 Å². The number of benzene rings is 1. The molecule has 0 radical (unpaired) electrons. The number of hydrogen-bond donors (Lipinski definition) is 1. The number of hydrogen-bond acceptors (Lipinski definition) is 2. The van der Waals surface area contributed by atoms with Crippen molar-refractivity contribution in [1.82, 2.24) is 10.2 Å². The molecule has 1 fully saturated rings. The van der Waals surface area contributed by atoms with Crippen molar-refractivity contribution in [2.75, 3.05) is 18.8 Å². The van der Waals surface area contributed by atoms with Crippen molar-refractivity contribution in [1.29, 1.82) is 0 Å². The van der Waals surface area contributed by atoms with Gasteiger partial charge in [0.05, 0.1) is 0 Å². The molecule has 2 rings (SSSR count). The molecule has 1 atom stereocenters. The van der Waals surface area contributed by atoms with Gasteiger partial charge in [-0.2, -0.15) is 0 Å². The Labute approximate surface area is 117 Å². The summed E-state index contributed by atoms with van der Waals surface area (Å²) < 4.78 is 13.3. The molecule has 0 aliphatic carbocycles. The predicted octanol–water partition coefficient (Wildman–Crippen LogP) is 3.38. The van der Waals surface area contributed by atoms with Crippen LogP contribution in [0.3, 0.4) is 0 Å². The number of rotatable bonds is 4. The highest BCUT2D eigenvalue weighted by Gasteiger charge is 2.30. The third-order valence-corrected chi connectivity index (χ3v) is 4.35. The molecule has 0 unspecified atom stereocenters. The lowest BCUT2D eigenvalue weighted by atomic mass is 10.2. The van der Waals surface area contributed by atoms with Gasteiger partial charge in [0, 0.05) is 18.8 Å². The lowest BCUT2D eigenvalue weighted by Crippen LogP contribution is -2.39. The van der Waals surface area contributed by atoms with Crippen LogP contribution in [0.25, 0.3) is 0 Å². The molecule has 1 heterocycles. The Morgan fingerprint density at radius 3 is 3.16 bits per heavy atom. The van der Waals surface area contributed by atoms with E-state index in [1.165, 1.54) is 12.1 Å². The highest BCUT2D eigenvalue weighted by atomic mass is 32.2. The first-order valence-electron chi connectivity index (χ1n) is 6.64. The number of halogens is 1. The second-order valence-electron chi connectivity index (χ2n) is 4.56. The Hall–Kier alpha value is -1.23. The van der Waals surface area contributed by atoms with Gasteiger partial charge in [0.15, 0.2) is 0 Å². The molecule has 19 heavy (non-hydrogen) atoms. The van der Waals surface area contributed by atoms with E-state index in [2.05, 4.69) is 12.2 Å². The van der Waals surface area contributed by atoms with Crippen LogP contribution in [0.1, 0.15) is 30.7 Å². The number of unbranched alkanes of at least 4 members (excludes halogenated alkanes) is 1. The average Bonchev–Trinajstić information content (AvgIpc) is 2.88. The molecule has 1 aliphatic rings. The van der Waals surface area contributed by atoms with Gasteiger partial charge in [0.1, 0.15) is 11.2 Å². The van der Waals surface area contributed by atoms with Gasteiger partial charge < -0.3 is 10.2 Å². The monoisotopic (exact) mass is 282 g/mol. The highest BCUT2D eigenvalue weighted by molar-refractivity contribution is 7.99. The van der Waals surface area contributed by atoms with Gasteiger partial charge in [-0.25, -0.2) is 9.18 Å². The van der Waals surface area contributed by atoms with Crippen molar-refractivity contribution < 1.29 is 9.18 Å². The van der Waals surface area contributed by atoms with Crippen LogP contribution in [0.4, 0.5) is 9.18 Å². The summed E-state index contributed by atoms with van der Waals surface area (Å²) in [5.74, 6) is 0.638. The fourth-order valence-electron chi connectivity index (χ4n) is 2.09. The van der Waals surface area contributed by atoms with Crippen molar-refractivity contribution in [2.45, 2.75) is 25.1 Å². The van der Waals surface area contributed by atoms with Crippen LogP contribution in [0.15, 0.2) is 24.3 Å². The Morgan fingerprint density at radius 2 is 2.42 bits per heavy atom. The molecule has 104 valence electrons. The minimum absolute atomic E-state index is 0.0484. The zero-order valence-corrected chi connectivity index (χ0v) is 11.9. The maximum Gasteiger partial charge on any atom is 0.318 e. The van der Waals surface area contributed by atoms with E-state index < -0.39 is 0 Å². The van der Waals surface area contributed by atoms with E-state index in [-0.39, 0.29) is 17.2 Å². The molecule has 0 aromatic heterocycles. The number of amides is 2. The minimum atomic E-state index is -0.253. The number of thioether (sulfide) groups is 1. The first-order valence-corrected chi connectivity index (χ1v) is 7.68. The Morgan fingerprint density at radius 1 is 1.58 bits per heavy atom. The van der Waals surface area contributed by atoms with Gasteiger partial charge in [-0.05, 0) is 24.1 Å². The lowest BCUT2D eigenvalue weighted by molar-refractivity contribution is 0.200. The van der Waals surface area contributed by atoms with Crippen molar-refractivity contribution in [3.8, 4) is 0 Å². The van der Waals surface area contributed by atoms with E-state index in [0.717, 1.165) is 24.2 Å². The van der Waals surface area contributed by atoms with Crippen LogP contribution in [0, 0.1) is 5.82 Å². The molecule has 1 aromatic carbocycles. The van der Waals surface area contributed by atoms with Gasteiger partial charge in [0.25, 0.3) is 0 Å². The largest absolute Gasteiger partial charge is 0.338 e. The summed E-state index contributed by atoms with van der Waals surface area (Å²) in [7, 11) is 0. The maximum absolute atomic E-state index is 13.3. The number of nitrogens with one attached hydrogen (secondary N) is 1. The van der Waals surface area contributed by atoms with E-state index in [1.54, 1.807) is 22.7 Å². The zero-order valence-electron chi connectivity index (χ0n) is 11.1. The van der Waals surface area contributed by atoms with Gasteiger partial charge in [0.2, 0.25) is 0 Å². The summed E-state index contributed by atoms with van der Waals surface area (Å²) in [6.45, 7) is 3.50. The molecule has 5 heteroatoms. The van der Waals surface area contributed by atoms with Crippen LogP contribution in [-0.2, 0) is 0 Å². The standard InChI is InChI=1S/C14H19FN2OS/c1-2-3-7-16-14(18)17-8-9-19-13(17)11-5-4-6-12(15)10-11/h4-6,10,13H,2-3,7-9H2,1H3,(H,16,18)/t13-/m0/s1. The highest BCUT2D eigenvalue weighted by Crippen LogP contribution is 2.37. The molecule has 1 aromatic rings. The topological polar surface area (TPSA) is 32.3 Å². The third-order valence-electron chi connectivity index (χ3n) is 3.09. The minimum Gasteiger partial charge on any atom is -0.338 e. The van der Waals surface area contributed by atoms with Crippen molar-refractivity contribution in [3.63, 3.8) is 0 Å². The van der Waals surface area contributed by atoms with Crippen LogP contribution < -0.4 is 5.32 Å². The van der Waals surface area contributed by atoms with Gasteiger partial charge in [-0.15, -0.1) is 11.8 Å². The average molecular weight is 282 g/mol. The molecule has 1 N–H and O–H groups in total. The van der Waals surface area contributed by atoms with Crippen LogP contribution in [-0.4, -0.2) is 29.8 Å². The molecular weight excluding hydrogens is 263 g/mol. The van der Waals surface area contributed by atoms with Crippen LogP contribution in [0.2, 0.25) is 0 Å². The summed E-state index contributed by atoms with van der Waals surface area (Å²) in [5, 5.41) is 2.85. The normalized spacial score (nSPS) is 18.6. The first-order chi connectivity index (χ1) is 9.22. The molecule has 0 bridgehead atoms. The number of carbonyl (C=O) groups is 1. The van der Waals surface area contributed by atoms with Crippen molar-refractivity contribution >= 4 is 17.8 Å². The van der Waals surface area contributed by atoms with E-state index in [4.69, 9.17) is 0 Å². The van der Waals surface area contributed by atoms with Crippen molar-refractivity contribution in [3.05, 3.63) is 35.6 Å². The summed E-state index contributed by atoms with van der Waals surface area (Å²) in [5.41, 5.74) is 0.855. The Kier molecular flexibility index (Phi) is 5.07. The number of carbonyl (C=O) groups excluding carboxylic acids is 1. The fourth-order valence-corrected chi connectivity index (χ4v) is 3.33. The molecule has 1 aliphatic heterocycles. The Bertz CT molecular complexity index is 441. The van der Waals surface area contributed by atoms with Crippen LogP contribution in [0.5, 0.6) is 0 Å². The summed E-state index contributed by atoms with van der Waals surface area (Å²) in [6.07, 6.45) is 2.04. The van der Waals surface area contributed by atoms with E-state index in [9.17, 15) is 9.18 Å². The van der Waals surface area contributed by atoms with E-state index in [1.807, 2.05) is 6.07 Å².